The van der Waals surface area contributed by atoms with Crippen molar-refractivity contribution < 1.29 is 4.92 Å². The van der Waals surface area contributed by atoms with E-state index in [1.807, 2.05) is 36.4 Å². The van der Waals surface area contributed by atoms with E-state index in [9.17, 15) is 10.1 Å². The average Bonchev–Trinajstić information content (AvgIpc) is 3.10. The smallest absolute Gasteiger partial charge is 0.269 e. The minimum atomic E-state index is -0.345. The lowest BCUT2D eigenvalue weighted by molar-refractivity contribution is -0.384. The van der Waals surface area contributed by atoms with Crippen LogP contribution >= 0.6 is 0 Å². The molecule has 1 aliphatic rings. The molecule has 2 N–H and O–H groups in total. The Morgan fingerprint density at radius 3 is 2.52 bits per heavy atom. The molecule has 0 unspecified atom stereocenters. The van der Waals surface area contributed by atoms with Crippen LogP contribution in [0.15, 0.2) is 48.5 Å². The molecule has 120 valence electrons. The normalized spacial score (nSPS) is 14.0. The minimum absolute atomic E-state index is 0.129. The molecule has 6 nitrogen and oxygen atoms in total. The molecule has 23 heavy (non-hydrogen) atoms. The fourth-order valence-corrected chi connectivity index (χ4v) is 2.86. The molecule has 3 rings (SSSR count). The molecule has 0 atom stereocenters. The van der Waals surface area contributed by atoms with E-state index < -0.39 is 0 Å². The summed E-state index contributed by atoms with van der Waals surface area (Å²) in [6, 6.07) is 14.9. The highest BCUT2D eigenvalue weighted by atomic mass is 16.6. The third-order valence-electron chi connectivity index (χ3n) is 4.01. The summed E-state index contributed by atoms with van der Waals surface area (Å²) in [5, 5.41) is 11.0. The lowest BCUT2D eigenvalue weighted by Crippen LogP contribution is -2.24. The van der Waals surface area contributed by atoms with Gasteiger partial charge in [0.25, 0.3) is 5.69 Å². The molecule has 6 heteroatoms. The van der Waals surface area contributed by atoms with E-state index in [2.05, 4.69) is 15.8 Å². The van der Waals surface area contributed by atoms with Gasteiger partial charge in [0.1, 0.15) is 0 Å². The molecule has 0 amide bonds. The summed E-state index contributed by atoms with van der Waals surface area (Å²) in [5.41, 5.74) is 9.37. The molecule has 1 heterocycles. The number of hydrazine groups is 1. The molecule has 0 aromatic heterocycles. The second-order valence-corrected chi connectivity index (χ2v) is 5.61. The number of anilines is 2. The number of para-hydroxylation sites is 1. The Kier molecular flexibility index (Phi) is 4.73. The summed E-state index contributed by atoms with van der Waals surface area (Å²) >= 11 is 0. The zero-order chi connectivity index (χ0) is 16.1. The number of nitrogens with zero attached hydrogens (tertiary/aromatic N) is 2. The van der Waals surface area contributed by atoms with Gasteiger partial charge in [0.15, 0.2) is 0 Å². The van der Waals surface area contributed by atoms with E-state index in [0.717, 1.165) is 30.0 Å². The number of hydrogen-bond acceptors (Lipinski definition) is 5. The van der Waals surface area contributed by atoms with E-state index >= 15 is 0 Å². The Morgan fingerprint density at radius 2 is 1.83 bits per heavy atom. The maximum absolute atomic E-state index is 11.0. The molecule has 1 aliphatic heterocycles. The maximum atomic E-state index is 11.0. The van der Waals surface area contributed by atoms with E-state index in [1.54, 1.807) is 12.1 Å². The zero-order valence-electron chi connectivity index (χ0n) is 12.9. The van der Waals surface area contributed by atoms with Crippen molar-refractivity contribution in [3.63, 3.8) is 0 Å². The SMILES string of the molecule is O=[N+]([O-])c1ccc(N2CCCC2)c(CNNc2ccccc2)c1. The number of rotatable bonds is 6. The molecule has 0 bridgehead atoms. The van der Waals surface area contributed by atoms with Crippen LogP contribution in [-0.2, 0) is 6.54 Å². The average molecular weight is 312 g/mol. The monoisotopic (exact) mass is 312 g/mol. The molecular formula is C17H20N4O2. The summed E-state index contributed by atoms with van der Waals surface area (Å²) in [4.78, 5) is 13.0. The van der Waals surface area contributed by atoms with Crippen LogP contribution in [0.25, 0.3) is 0 Å². The van der Waals surface area contributed by atoms with Crippen molar-refractivity contribution in [2.24, 2.45) is 0 Å². The minimum Gasteiger partial charge on any atom is -0.371 e. The lowest BCUT2D eigenvalue weighted by atomic mass is 10.1. The van der Waals surface area contributed by atoms with Crippen molar-refractivity contribution >= 4 is 17.1 Å². The van der Waals surface area contributed by atoms with Crippen LogP contribution < -0.4 is 15.8 Å². The van der Waals surface area contributed by atoms with Crippen molar-refractivity contribution in [2.45, 2.75) is 19.4 Å². The predicted octanol–water partition coefficient (Wildman–Crippen LogP) is 3.31. The molecule has 2 aromatic carbocycles. The van der Waals surface area contributed by atoms with Gasteiger partial charge < -0.3 is 10.3 Å². The van der Waals surface area contributed by atoms with Crippen LogP contribution in [0.3, 0.4) is 0 Å². The molecule has 0 spiro atoms. The first-order valence-corrected chi connectivity index (χ1v) is 7.80. The van der Waals surface area contributed by atoms with E-state index in [-0.39, 0.29) is 10.6 Å². The molecule has 1 fully saturated rings. The fraction of sp³-hybridized carbons (Fsp3) is 0.294. The second kappa shape index (κ2) is 7.11. The van der Waals surface area contributed by atoms with Crippen LogP contribution in [0.4, 0.5) is 17.1 Å². The van der Waals surface area contributed by atoms with Gasteiger partial charge in [0, 0.05) is 43.1 Å². The molecule has 0 radical (unpaired) electrons. The van der Waals surface area contributed by atoms with Crippen molar-refractivity contribution in [1.29, 1.82) is 0 Å². The number of benzene rings is 2. The first-order valence-electron chi connectivity index (χ1n) is 7.80. The lowest BCUT2D eigenvalue weighted by Gasteiger charge is -2.21. The van der Waals surface area contributed by atoms with Gasteiger partial charge in [0.2, 0.25) is 0 Å². The van der Waals surface area contributed by atoms with Gasteiger partial charge in [-0.2, -0.15) is 0 Å². The second-order valence-electron chi connectivity index (χ2n) is 5.61. The summed E-state index contributed by atoms with van der Waals surface area (Å²) in [7, 11) is 0. The number of nitro groups is 1. The summed E-state index contributed by atoms with van der Waals surface area (Å²) in [6.07, 6.45) is 2.35. The Morgan fingerprint density at radius 1 is 1.09 bits per heavy atom. The quantitative estimate of drug-likeness (QED) is 0.632. The van der Waals surface area contributed by atoms with Gasteiger partial charge in [-0.05, 0) is 36.6 Å². The van der Waals surface area contributed by atoms with Crippen molar-refractivity contribution in [3.8, 4) is 0 Å². The van der Waals surface area contributed by atoms with Crippen LogP contribution in [0.5, 0.6) is 0 Å². The highest BCUT2D eigenvalue weighted by Crippen LogP contribution is 2.28. The van der Waals surface area contributed by atoms with Gasteiger partial charge in [-0.1, -0.05) is 18.2 Å². The van der Waals surface area contributed by atoms with Crippen molar-refractivity contribution in [3.05, 3.63) is 64.2 Å². The topological polar surface area (TPSA) is 70.4 Å². The third-order valence-corrected chi connectivity index (χ3v) is 4.01. The van der Waals surface area contributed by atoms with Gasteiger partial charge in [-0.3, -0.25) is 10.1 Å². The number of nitrogens with one attached hydrogen (secondary N) is 2. The first kappa shape index (κ1) is 15.3. The van der Waals surface area contributed by atoms with Gasteiger partial charge in [-0.25, -0.2) is 5.43 Å². The Hall–Kier alpha value is -2.60. The fourth-order valence-electron chi connectivity index (χ4n) is 2.86. The van der Waals surface area contributed by atoms with Crippen LogP contribution in [-0.4, -0.2) is 18.0 Å². The molecule has 0 saturated carbocycles. The van der Waals surface area contributed by atoms with Crippen LogP contribution in [0.1, 0.15) is 18.4 Å². The molecule has 1 saturated heterocycles. The number of non-ortho nitro benzene ring substituents is 1. The number of nitro benzene ring substituents is 1. The predicted molar refractivity (Wildman–Crippen MR) is 91.4 cm³/mol. The van der Waals surface area contributed by atoms with Crippen molar-refractivity contribution in [1.82, 2.24) is 5.43 Å². The molecular weight excluding hydrogens is 292 g/mol. The Balaban J connectivity index is 1.74. The van der Waals surface area contributed by atoms with Gasteiger partial charge in [0.05, 0.1) is 4.92 Å². The van der Waals surface area contributed by atoms with E-state index in [4.69, 9.17) is 0 Å². The zero-order valence-corrected chi connectivity index (χ0v) is 12.9. The van der Waals surface area contributed by atoms with Crippen LogP contribution in [0.2, 0.25) is 0 Å². The Bertz CT molecular complexity index is 670. The Labute approximate surface area is 135 Å². The van der Waals surface area contributed by atoms with Gasteiger partial charge >= 0.3 is 0 Å². The van der Waals surface area contributed by atoms with E-state index in [1.165, 1.54) is 12.8 Å². The third kappa shape index (κ3) is 3.78. The summed E-state index contributed by atoms with van der Waals surface area (Å²) < 4.78 is 0. The summed E-state index contributed by atoms with van der Waals surface area (Å²) in [6.45, 7) is 2.54. The highest BCUT2D eigenvalue weighted by molar-refractivity contribution is 5.58. The van der Waals surface area contributed by atoms with E-state index in [0.29, 0.717) is 6.54 Å². The maximum Gasteiger partial charge on any atom is 0.269 e. The number of hydrogen-bond donors (Lipinski definition) is 2. The standard InChI is InChI=1S/C17H20N4O2/c22-21(23)16-8-9-17(20-10-4-5-11-20)14(12-16)13-18-19-15-6-2-1-3-7-15/h1-3,6-9,12,18-19H,4-5,10-11,13H2. The van der Waals surface area contributed by atoms with Crippen molar-refractivity contribution in [2.75, 3.05) is 23.4 Å². The first-order chi connectivity index (χ1) is 11.2. The summed E-state index contributed by atoms with van der Waals surface area (Å²) in [5.74, 6) is 0. The molecule has 0 aliphatic carbocycles. The van der Waals surface area contributed by atoms with Gasteiger partial charge in [-0.15, -0.1) is 0 Å². The molecule has 2 aromatic rings. The van der Waals surface area contributed by atoms with Crippen LogP contribution in [0, 0.1) is 10.1 Å². The highest BCUT2D eigenvalue weighted by Gasteiger charge is 2.18. The largest absolute Gasteiger partial charge is 0.371 e.